The van der Waals surface area contributed by atoms with Crippen molar-refractivity contribution in [3.63, 3.8) is 0 Å². The first-order valence-corrected chi connectivity index (χ1v) is 8.33. The third kappa shape index (κ3) is 5.07. The molecule has 0 aliphatic carbocycles. The van der Waals surface area contributed by atoms with Gasteiger partial charge in [-0.05, 0) is 47.5 Å². The van der Waals surface area contributed by atoms with Crippen LogP contribution in [0.4, 0.5) is 0 Å². The zero-order chi connectivity index (χ0) is 20.0. The molecule has 0 aromatic heterocycles. The number of hydrogen-bond donors (Lipinski definition) is 1. The van der Waals surface area contributed by atoms with Crippen LogP contribution >= 0.6 is 23.2 Å². The third-order valence-electron chi connectivity index (χ3n) is 3.49. The van der Waals surface area contributed by atoms with Crippen molar-refractivity contribution in [2.45, 2.75) is 0 Å². The summed E-state index contributed by atoms with van der Waals surface area (Å²) >= 11 is 12.3. The average Bonchev–Trinajstić information content (AvgIpc) is 2.64. The molecular weight excluding hydrogens is 393 g/mol. The number of carboxylic acid groups (broad SMARTS) is 1. The molecular formula is C19H15Cl2NO5. The lowest BCUT2D eigenvalue weighted by atomic mass is 10.0. The summed E-state index contributed by atoms with van der Waals surface area (Å²) in [6.45, 7) is -0.566. The van der Waals surface area contributed by atoms with Crippen LogP contribution in [0.5, 0.6) is 17.2 Å². The predicted octanol–water partition coefficient (Wildman–Crippen LogP) is 4.54. The van der Waals surface area contributed by atoms with Crippen LogP contribution < -0.4 is 14.2 Å². The second kappa shape index (κ2) is 9.17. The molecule has 0 spiro atoms. The van der Waals surface area contributed by atoms with Gasteiger partial charge >= 0.3 is 5.97 Å². The van der Waals surface area contributed by atoms with Gasteiger partial charge in [-0.25, -0.2) is 4.79 Å². The molecule has 0 fully saturated rings. The summed E-state index contributed by atoms with van der Waals surface area (Å²) in [5, 5.41) is 18.5. The SMILES string of the molecule is COc1ccc(/C(C#N)=C/c2cc(Cl)c(OCC(=O)O)c(Cl)c2)cc1OC. The molecule has 27 heavy (non-hydrogen) atoms. The van der Waals surface area contributed by atoms with E-state index in [0.29, 0.717) is 28.2 Å². The maximum absolute atomic E-state index is 10.6. The van der Waals surface area contributed by atoms with E-state index in [-0.39, 0.29) is 15.8 Å². The minimum Gasteiger partial charge on any atom is -0.493 e. The fraction of sp³-hybridized carbons (Fsp3) is 0.158. The first-order chi connectivity index (χ1) is 12.9. The monoisotopic (exact) mass is 407 g/mol. The molecule has 0 aliphatic heterocycles. The van der Waals surface area contributed by atoms with Crippen LogP contribution in [-0.2, 0) is 4.79 Å². The topological polar surface area (TPSA) is 88.8 Å². The Bertz CT molecular complexity index is 911. The van der Waals surface area contributed by atoms with Crippen molar-refractivity contribution in [2.75, 3.05) is 20.8 Å². The van der Waals surface area contributed by atoms with Gasteiger partial charge < -0.3 is 19.3 Å². The Morgan fingerprint density at radius 2 is 1.78 bits per heavy atom. The molecule has 0 atom stereocenters. The number of halogens is 2. The number of benzene rings is 2. The first kappa shape index (κ1) is 20.4. The van der Waals surface area contributed by atoms with Crippen LogP contribution in [0, 0.1) is 11.3 Å². The largest absolute Gasteiger partial charge is 0.493 e. The summed E-state index contributed by atoms with van der Waals surface area (Å²) in [6, 6.07) is 10.3. The van der Waals surface area contributed by atoms with Gasteiger partial charge in [0, 0.05) is 0 Å². The van der Waals surface area contributed by atoms with Crippen LogP contribution in [0.2, 0.25) is 10.0 Å². The van der Waals surface area contributed by atoms with E-state index in [1.54, 1.807) is 24.3 Å². The summed E-state index contributed by atoms with van der Waals surface area (Å²) in [6.07, 6.45) is 1.60. The number of aliphatic carboxylic acids is 1. The zero-order valence-corrected chi connectivity index (χ0v) is 16.0. The Labute approximate surface area is 166 Å². The number of methoxy groups -OCH3 is 2. The van der Waals surface area contributed by atoms with Gasteiger partial charge in [-0.3, -0.25) is 0 Å². The quantitative estimate of drug-likeness (QED) is 0.535. The second-order valence-corrected chi connectivity index (χ2v) is 6.05. The van der Waals surface area contributed by atoms with Crippen molar-refractivity contribution in [3.05, 3.63) is 51.5 Å². The molecule has 2 rings (SSSR count). The summed E-state index contributed by atoms with van der Waals surface area (Å²) in [7, 11) is 3.03. The normalized spacial score (nSPS) is 10.9. The Kier molecular flexibility index (Phi) is 6.94. The van der Waals surface area contributed by atoms with E-state index in [1.165, 1.54) is 26.4 Å². The highest BCUT2D eigenvalue weighted by Gasteiger charge is 2.13. The summed E-state index contributed by atoms with van der Waals surface area (Å²) in [5.41, 5.74) is 1.52. The molecule has 8 heteroatoms. The number of nitriles is 1. The van der Waals surface area contributed by atoms with E-state index in [1.807, 2.05) is 0 Å². The summed E-state index contributed by atoms with van der Waals surface area (Å²) in [4.78, 5) is 10.6. The Morgan fingerprint density at radius 3 is 2.30 bits per heavy atom. The van der Waals surface area contributed by atoms with Crippen molar-refractivity contribution in [1.82, 2.24) is 0 Å². The maximum atomic E-state index is 10.6. The van der Waals surface area contributed by atoms with Crippen molar-refractivity contribution in [3.8, 4) is 23.3 Å². The number of hydrogen-bond acceptors (Lipinski definition) is 5. The zero-order valence-electron chi connectivity index (χ0n) is 14.5. The van der Waals surface area contributed by atoms with Gasteiger partial charge in [0.05, 0.1) is 35.9 Å². The fourth-order valence-corrected chi connectivity index (χ4v) is 2.90. The van der Waals surface area contributed by atoms with Gasteiger partial charge in [0.25, 0.3) is 0 Å². The average molecular weight is 408 g/mol. The molecule has 140 valence electrons. The molecule has 0 saturated heterocycles. The van der Waals surface area contributed by atoms with E-state index in [2.05, 4.69) is 6.07 Å². The minimum atomic E-state index is -1.15. The molecule has 0 unspecified atom stereocenters. The third-order valence-corrected chi connectivity index (χ3v) is 4.05. The lowest BCUT2D eigenvalue weighted by Crippen LogP contribution is -2.10. The lowest BCUT2D eigenvalue weighted by Gasteiger charge is -2.10. The lowest BCUT2D eigenvalue weighted by molar-refractivity contribution is -0.139. The maximum Gasteiger partial charge on any atom is 0.341 e. The van der Waals surface area contributed by atoms with Crippen LogP contribution in [-0.4, -0.2) is 31.9 Å². The van der Waals surface area contributed by atoms with Crippen LogP contribution in [0.1, 0.15) is 11.1 Å². The van der Waals surface area contributed by atoms with E-state index in [0.717, 1.165) is 0 Å². The van der Waals surface area contributed by atoms with Gasteiger partial charge in [-0.2, -0.15) is 5.26 Å². The van der Waals surface area contributed by atoms with Gasteiger partial charge in [0.2, 0.25) is 0 Å². The molecule has 0 aliphatic rings. The van der Waals surface area contributed by atoms with Gasteiger partial charge in [-0.15, -0.1) is 0 Å². The fourth-order valence-electron chi connectivity index (χ4n) is 2.29. The van der Waals surface area contributed by atoms with Gasteiger partial charge in [0.15, 0.2) is 23.9 Å². The Hall–Kier alpha value is -2.88. The number of nitrogens with zero attached hydrogens (tertiary/aromatic N) is 1. The smallest absolute Gasteiger partial charge is 0.341 e. The molecule has 0 heterocycles. The number of carboxylic acids is 1. The van der Waals surface area contributed by atoms with Crippen molar-refractivity contribution >= 4 is 40.8 Å². The van der Waals surface area contributed by atoms with Crippen LogP contribution in [0.3, 0.4) is 0 Å². The van der Waals surface area contributed by atoms with E-state index < -0.39 is 12.6 Å². The van der Waals surface area contributed by atoms with Crippen molar-refractivity contribution in [1.29, 1.82) is 5.26 Å². The summed E-state index contributed by atoms with van der Waals surface area (Å²) in [5.74, 6) is -0.0389. The molecule has 0 saturated carbocycles. The Balaban J connectivity index is 2.41. The summed E-state index contributed by atoms with van der Waals surface area (Å²) < 4.78 is 15.5. The van der Waals surface area contributed by atoms with Gasteiger partial charge in [-0.1, -0.05) is 23.2 Å². The second-order valence-electron chi connectivity index (χ2n) is 5.24. The van der Waals surface area contributed by atoms with E-state index >= 15 is 0 Å². The highest BCUT2D eigenvalue weighted by Crippen LogP contribution is 2.36. The molecule has 0 amide bonds. The van der Waals surface area contributed by atoms with Gasteiger partial charge in [0.1, 0.15) is 0 Å². The standard InChI is InChI=1S/C19H15Cl2NO5/c1-25-16-4-3-12(8-17(16)26-2)13(9-22)5-11-6-14(20)19(15(21)7-11)27-10-18(23)24/h3-8H,10H2,1-2H3,(H,23,24)/b13-5+. The van der Waals surface area contributed by atoms with Crippen LogP contribution in [0.15, 0.2) is 30.3 Å². The predicted molar refractivity (Wildman–Crippen MR) is 103 cm³/mol. The molecule has 0 bridgehead atoms. The minimum absolute atomic E-state index is 0.0718. The Morgan fingerprint density at radius 1 is 1.15 bits per heavy atom. The molecule has 0 radical (unpaired) electrons. The highest BCUT2D eigenvalue weighted by molar-refractivity contribution is 6.37. The molecule has 2 aromatic carbocycles. The van der Waals surface area contributed by atoms with Crippen molar-refractivity contribution in [2.24, 2.45) is 0 Å². The number of ether oxygens (including phenoxy) is 3. The highest BCUT2D eigenvalue weighted by atomic mass is 35.5. The molecule has 6 nitrogen and oxygen atoms in total. The van der Waals surface area contributed by atoms with Crippen molar-refractivity contribution < 1.29 is 24.1 Å². The number of rotatable bonds is 7. The van der Waals surface area contributed by atoms with E-state index in [4.69, 9.17) is 42.5 Å². The number of allylic oxidation sites excluding steroid dienone is 1. The first-order valence-electron chi connectivity index (χ1n) is 7.57. The van der Waals surface area contributed by atoms with E-state index in [9.17, 15) is 10.1 Å². The number of carbonyl (C=O) groups is 1. The molecule has 2 aromatic rings. The molecule has 1 N–H and O–H groups in total. The van der Waals surface area contributed by atoms with Crippen LogP contribution in [0.25, 0.3) is 11.6 Å².